The number of fused-ring (bicyclic) bond motifs is 1. The summed E-state index contributed by atoms with van der Waals surface area (Å²) in [7, 11) is 0. The predicted molar refractivity (Wildman–Crippen MR) is 117 cm³/mol. The van der Waals surface area contributed by atoms with Crippen LogP contribution in [0.25, 0.3) is 10.9 Å². The van der Waals surface area contributed by atoms with Crippen molar-refractivity contribution in [3.63, 3.8) is 0 Å². The van der Waals surface area contributed by atoms with Crippen LogP contribution < -0.4 is 11.1 Å². The highest BCUT2D eigenvalue weighted by molar-refractivity contribution is 5.95. The first-order valence-corrected chi connectivity index (χ1v) is 10.8. The average Bonchev–Trinajstić information content (AvgIpc) is 3.41. The molecule has 0 bridgehead atoms. The lowest BCUT2D eigenvalue weighted by Crippen LogP contribution is -2.43. The highest BCUT2D eigenvalue weighted by Gasteiger charge is 2.26. The Labute approximate surface area is 181 Å². The molecule has 0 aliphatic rings. The van der Waals surface area contributed by atoms with Crippen molar-refractivity contribution in [2.45, 2.75) is 58.0 Å². The second-order valence-corrected chi connectivity index (χ2v) is 7.58. The van der Waals surface area contributed by atoms with E-state index in [4.69, 9.17) is 14.9 Å². The number of nitrogens with two attached hydrogens (primary N) is 1. The fourth-order valence-corrected chi connectivity index (χ4v) is 3.36. The number of nitrogens with one attached hydrogen (secondary N) is 2. The highest BCUT2D eigenvalue weighted by Crippen LogP contribution is 2.20. The van der Waals surface area contributed by atoms with E-state index in [0.717, 1.165) is 35.7 Å². The molecule has 0 saturated heterocycles. The summed E-state index contributed by atoms with van der Waals surface area (Å²) in [5.41, 5.74) is 7.99. The number of H-pyrrole nitrogens is 1. The minimum absolute atomic E-state index is 0.0897. The molecule has 1 amide bonds. The lowest BCUT2D eigenvalue weighted by molar-refractivity contribution is -0.146. The number of oxazole rings is 1. The first kappa shape index (κ1) is 22.6. The number of aromatic nitrogens is 2. The van der Waals surface area contributed by atoms with Crippen LogP contribution in [-0.4, -0.2) is 34.5 Å². The molecule has 0 spiro atoms. The Hall–Kier alpha value is -3.13. The molecule has 8 nitrogen and oxygen atoms in total. The molecule has 2 atom stereocenters. The van der Waals surface area contributed by atoms with Crippen LogP contribution in [0.2, 0.25) is 0 Å². The van der Waals surface area contributed by atoms with Crippen LogP contribution in [0.15, 0.2) is 41.1 Å². The van der Waals surface area contributed by atoms with Gasteiger partial charge in [-0.25, -0.2) is 9.78 Å². The zero-order chi connectivity index (χ0) is 22.2. The van der Waals surface area contributed by atoms with Crippen LogP contribution >= 0.6 is 0 Å². The molecule has 8 heteroatoms. The summed E-state index contributed by atoms with van der Waals surface area (Å²) in [5.74, 6) is -0.667. The molecule has 0 saturated carbocycles. The summed E-state index contributed by atoms with van der Waals surface area (Å²) >= 11 is 0. The van der Waals surface area contributed by atoms with Crippen LogP contribution in [-0.2, 0) is 16.0 Å². The number of hydrogen-bond donors (Lipinski definition) is 3. The lowest BCUT2D eigenvalue weighted by atomic mass is 10.0. The van der Waals surface area contributed by atoms with E-state index in [0.29, 0.717) is 25.3 Å². The largest absolute Gasteiger partial charge is 0.464 e. The summed E-state index contributed by atoms with van der Waals surface area (Å²) in [6.45, 7) is 4.34. The van der Waals surface area contributed by atoms with Crippen molar-refractivity contribution in [3.8, 4) is 0 Å². The third-order valence-corrected chi connectivity index (χ3v) is 5.10. The van der Waals surface area contributed by atoms with E-state index in [9.17, 15) is 9.59 Å². The Balaban J connectivity index is 1.76. The molecular weight excluding hydrogens is 396 g/mol. The van der Waals surface area contributed by atoms with Crippen LogP contribution in [0.4, 0.5) is 0 Å². The third-order valence-electron chi connectivity index (χ3n) is 5.10. The first-order chi connectivity index (χ1) is 15.0. The summed E-state index contributed by atoms with van der Waals surface area (Å²) in [6.07, 6.45) is 6.66. The van der Waals surface area contributed by atoms with Crippen molar-refractivity contribution in [2.75, 3.05) is 6.61 Å². The number of ether oxygens (including phenoxy) is 1. The number of carbonyl (C=O) groups excluding carboxylic acids is 2. The molecule has 0 radical (unpaired) electrons. The minimum Gasteiger partial charge on any atom is -0.464 e. The molecule has 4 N–H and O–H groups in total. The summed E-state index contributed by atoms with van der Waals surface area (Å²) in [5, 5.41) is 3.75. The average molecular weight is 427 g/mol. The van der Waals surface area contributed by atoms with E-state index < -0.39 is 17.9 Å². The fraction of sp³-hybridized carbons (Fsp3) is 0.435. The first-order valence-electron chi connectivity index (χ1n) is 10.8. The van der Waals surface area contributed by atoms with Crippen molar-refractivity contribution in [1.82, 2.24) is 15.3 Å². The number of rotatable bonds is 11. The molecule has 2 heterocycles. The van der Waals surface area contributed by atoms with Crippen LogP contribution in [0, 0.1) is 0 Å². The maximum Gasteiger partial charge on any atom is 0.328 e. The summed E-state index contributed by atoms with van der Waals surface area (Å²) < 4.78 is 10.8. The molecule has 0 fully saturated rings. The highest BCUT2D eigenvalue weighted by atomic mass is 16.5. The van der Waals surface area contributed by atoms with E-state index in [1.165, 1.54) is 6.26 Å². The van der Waals surface area contributed by atoms with Gasteiger partial charge in [-0.1, -0.05) is 44.9 Å². The van der Waals surface area contributed by atoms with Gasteiger partial charge in [0, 0.05) is 23.5 Å². The monoisotopic (exact) mass is 426 g/mol. The Bertz CT molecular complexity index is 1010. The standard InChI is InChI=1S/C23H30N4O4/c1-3-5-11-30-23(29)19(12-15-13-25-18-10-7-6-9-16(15)18)26-21(28)20-14-31-22(27-20)17(24)8-4-2/h6-7,9-10,13-14,17,19,25H,3-5,8,11-12,24H2,1-2H3,(H,26,28). The van der Waals surface area contributed by atoms with Gasteiger partial charge in [0.2, 0.25) is 5.89 Å². The number of unbranched alkanes of at least 4 members (excludes halogenated alkanes) is 1. The molecular formula is C23H30N4O4. The smallest absolute Gasteiger partial charge is 0.328 e. The topological polar surface area (TPSA) is 123 Å². The molecule has 31 heavy (non-hydrogen) atoms. The molecule has 3 rings (SSSR count). The van der Waals surface area contributed by atoms with Crippen molar-refractivity contribution in [1.29, 1.82) is 0 Å². The van der Waals surface area contributed by atoms with E-state index in [2.05, 4.69) is 15.3 Å². The molecule has 166 valence electrons. The van der Waals surface area contributed by atoms with Gasteiger partial charge in [0.25, 0.3) is 5.91 Å². The Kier molecular flexibility index (Phi) is 7.83. The number of esters is 1. The van der Waals surface area contributed by atoms with Gasteiger partial charge >= 0.3 is 5.97 Å². The number of hydrogen-bond acceptors (Lipinski definition) is 6. The number of nitrogens with zero attached hydrogens (tertiary/aromatic N) is 1. The Morgan fingerprint density at radius 2 is 2.06 bits per heavy atom. The minimum atomic E-state index is -0.854. The maximum atomic E-state index is 12.8. The number of amides is 1. The van der Waals surface area contributed by atoms with Crippen LogP contribution in [0.3, 0.4) is 0 Å². The SMILES string of the molecule is CCCCOC(=O)C(Cc1c[nH]c2ccccc12)NC(=O)c1coc(C(N)CCC)n1. The zero-order valence-electron chi connectivity index (χ0n) is 18.0. The summed E-state index contributed by atoms with van der Waals surface area (Å²) in [4.78, 5) is 32.9. The van der Waals surface area contributed by atoms with Gasteiger partial charge in [0.05, 0.1) is 12.6 Å². The number of para-hydroxylation sites is 1. The number of carbonyl (C=O) groups is 2. The second-order valence-electron chi connectivity index (χ2n) is 7.58. The molecule has 3 aromatic rings. The van der Waals surface area contributed by atoms with Gasteiger partial charge < -0.3 is 25.2 Å². The van der Waals surface area contributed by atoms with E-state index >= 15 is 0 Å². The molecule has 0 aliphatic heterocycles. The van der Waals surface area contributed by atoms with Gasteiger partial charge in [0.1, 0.15) is 12.3 Å². The predicted octanol–water partition coefficient (Wildman–Crippen LogP) is 3.64. The molecule has 1 aromatic carbocycles. The van der Waals surface area contributed by atoms with Crippen molar-refractivity contribution in [3.05, 3.63) is 53.9 Å². The van der Waals surface area contributed by atoms with Crippen molar-refractivity contribution in [2.24, 2.45) is 5.73 Å². The van der Waals surface area contributed by atoms with Crippen LogP contribution in [0.5, 0.6) is 0 Å². The van der Waals surface area contributed by atoms with Gasteiger partial charge in [-0.15, -0.1) is 0 Å². The zero-order valence-corrected chi connectivity index (χ0v) is 18.0. The molecule has 2 unspecified atom stereocenters. The third kappa shape index (κ3) is 5.73. The van der Waals surface area contributed by atoms with Gasteiger partial charge in [0.15, 0.2) is 5.69 Å². The van der Waals surface area contributed by atoms with Gasteiger partial charge in [-0.2, -0.15) is 0 Å². The van der Waals surface area contributed by atoms with E-state index in [1.807, 2.05) is 44.3 Å². The molecule has 2 aromatic heterocycles. The normalized spacial score (nSPS) is 13.1. The van der Waals surface area contributed by atoms with E-state index in [1.54, 1.807) is 0 Å². The van der Waals surface area contributed by atoms with Gasteiger partial charge in [-0.05, 0) is 24.5 Å². The Morgan fingerprint density at radius 3 is 2.84 bits per heavy atom. The maximum absolute atomic E-state index is 12.8. The van der Waals surface area contributed by atoms with Crippen molar-refractivity contribution >= 4 is 22.8 Å². The quantitative estimate of drug-likeness (QED) is 0.318. The number of benzene rings is 1. The summed E-state index contributed by atoms with van der Waals surface area (Å²) in [6, 6.07) is 6.58. The van der Waals surface area contributed by atoms with Crippen molar-refractivity contribution < 1.29 is 18.7 Å². The lowest BCUT2D eigenvalue weighted by Gasteiger charge is -2.17. The Morgan fingerprint density at radius 1 is 1.26 bits per heavy atom. The van der Waals surface area contributed by atoms with E-state index in [-0.39, 0.29) is 11.7 Å². The number of aromatic amines is 1. The van der Waals surface area contributed by atoms with Crippen LogP contribution in [0.1, 0.15) is 67.5 Å². The fourth-order valence-electron chi connectivity index (χ4n) is 3.36. The molecule has 0 aliphatic carbocycles. The second kappa shape index (κ2) is 10.8. The van der Waals surface area contributed by atoms with Gasteiger partial charge in [-0.3, -0.25) is 4.79 Å².